The Balaban J connectivity index is 1.93. The monoisotopic (exact) mass is 349 g/mol. The first-order valence-electron chi connectivity index (χ1n) is 8.21. The molecule has 1 aliphatic heterocycles. The number of hydrogen-bond donors (Lipinski definition) is 0. The minimum atomic E-state index is -0.558. The number of halogens is 1. The van der Waals surface area contributed by atoms with Gasteiger partial charge in [-0.2, -0.15) is 0 Å². The molecule has 0 aromatic heterocycles. The molecule has 1 aromatic rings. The molecule has 1 saturated heterocycles. The van der Waals surface area contributed by atoms with Crippen LogP contribution in [-0.2, 0) is 16.0 Å². The largest absolute Gasteiger partial charge is 0.444 e. The van der Waals surface area contributed by atoms with E-state index in [1.54, 1.807) is 11.0 Å². The Bertz CT molecular complexity index is 616. The molecule has 1 aliphatic rings. The zero-order valence-corrected chi connectivity index (χ0v) is 15.2. The predicted octanol–water partition coefficient (Wildman–Crippen LogP) is 4.41. The highest BCUT2D eigenvalue weighted by Gasteiger charge is 2.35. The van der Waals surface area contributed by atoms with Crippen molar-refractivity contribution in [2.45, 2.75) is 51.7 Å². The highest BCUT2D eigenvalue weighted by molar-refractivity contribution is 6.30. The Labute approximate surface area is 148 Å². The zero-order valence-electron chi connectivity index (χ0n) is 14.4. The summed E-state index contributed by atoms with van der Waals surface area (Å²) in [4.78, 5) is 26.2. The number of carbonyl (C=O) groups is 2. The summed E-state index contributed by atoms with van der Waals surface area (Å²) in [6.45, 7) is 6.04. The number of rotatable bonds is 4. The second-order valence-corrected chi connectivity index (χ2v) is 7.40. The lowest BCUT2D eigenvalue weighted by atomic mass is 10.1. The molecule has 1 aromatic carbocycles. The van der Waals surface area contributed by atoms with Crippen LogP contribution in [0.2, 0.25) is 5.02 Å². The SMILES string of the molecule is CC(C)(C)OC(=O)N1CCCC1C(=O)/C=C/Cc1ccc(Cl)cc1. The van der Waals surface area contributed by atoms with E-state index in [0.717, 1.165) is 12.0 Å². The smallest absolute Gasteiger partial charge is 0.410 e. The third-order valence-corrected chi connectivity index (χ3v) is 4.01. The van der Waals surface area contributed by atoms with Gasteiger partial charge in [-0.1, -0.05) is 29.8 Å². The molecule has 0 N–H and O–H groups in total. The maximum Gasteiger partial charge on any atom is 0.410 e. The number of benzene rings is 1. The van der Waals surface area contributed by atoms with E-state index in [9.17, 15) is 9.59 Å². The standard InChI is InChI=1S/C19H24ClNO3/c1-19(2,3)24-18(23)21-13-5-7-16(21)17(22)8-4-6-14-9-11-15(20)12-10-14/h4,8-12,16H,5-7,13H2,1-3H3/b8-4+. The Morgan fingerprint density at radius 3 is 2.58 bits per heavy atom. The fourth-order valence-electron chi connectivity index (χ4n) is 2.64. The van der Waals surface area contributed by atoms with E-state index in [-0.39, 0.29) is 5.78 Å². The summed E-state index contributed by atoms with van der Waals surface area (Å²) in [5.74, 6) is -0.0488. The van der Waals surface area contributed by atoms with Crippen LogP contribution in [0.1, 0.15) is 39.2 Å². The number of ether oxygens (including phenoxy) is 1. The van der Waals surface area contributed by atoms with Gasteiger partial charge in [-0.05, 0) is 63.8 Å². The average molecular weight is 350 g/mol. The van der Waals surface area contributed by atoms with E-state index in [2.05, 4.69) is 0 Å². The van der Waals surface area contributed by atoms with E-state index in [1.165, 1.54) is 0 Å². The molecule has 24 heavy (non-hydrogen) atoms. The Morgan fingerprint density at radius 2 is 1.96 bits per heavy atom. The van der Waals surface area contributed by atoms with Crippen LogP contribution >= 0.6 is 11.6 Å². The normalized spacial score (nSPS) is 18.2. The van der Waals surface area contributed by atoms with Crippen molar-refractivity contribution in [3.8, 4) is 0 Å². The van der Waals surface area contributed by atoms with Crippen LogP contribution in [0.4, 0.5) is 4.79 Å². The second kappa shape index (κ2) is 7.84. The molecular formula is C19H24ClNO3. The highest BCUT2D eigenvalue weighted by Crippen LogP contribution is 2.22. The topological polar surface area (TPSA) is 46.6 Å². The first-order chi connectivity index (χ1) is 11.3. The lowest BCUT2D eigenvalue weighted by Crippen LogP contribution is -2.42. The molecule has 2 rings (SSSR count). The van der Waals surface area contributed by atoms with Gasteiger partial charge in [0.2, 0.25) is 0 Å². The van der Waals surface area contributed by atoms with Crippen molar-refractivity contribution in [3.05, 3.63) is 47.0 Å². The number of nitrogens with zero attached hydrogens (tertiary/aromatic N) is 1. The summed E-state index contributed by atoms with van der Waals surface area (Å²) in [6.07, 6.45) is 5.15. The van der Waals surface area contributed by atoms with Gasteiger partial charge in [0.25, 0.3) is 0 Å². The Kier molecular flexibility index (Phi) is 6.05. The molecule has 1 atom stereocenters. The number of amides is 1. The van der Waals surface area contributed by atoms with Gasteiger partial charge < -0.3 is 4.74 Å². The minimum absolute atomic E-state index is 0.0488. The van der Waals surface area contributed by atoms with Crippen molar-refractivity contribution in [2.24, 2.45) is 0 Å². The number of ketones is 1. The van der Waals surface area contributed by atoms with Gasteiger partial charge in [0.1, 0.15) is 5.60 Å². The summed E-state index contributed by atoms with van der Waals surface area (Å²) in [5.41, 5.74) is 0.524. The third kappa shape index (κ3) is 5.38. The number of likely N-dealkylation sites (tertiary alicyclic amines) is 1. The fraction of sp³-hybridized carbons (Fsp3) is 0.474. The predicted molar refractivity (Wildman–Crippen MR) is 95.3 cm³/mol. The van der Waals surface area contributed by atoms with E-state index in [1.807, 2.05) is 51.1 Å². The van der Waals surface area contributed by atoms with Gasteiger partial charge >= 0.3 is 6.09 Å². The average Bonchev–Trinajstić information content (AvgIpc) is 2.97. The van der Waals surface area contributed by atoms with Crippen molar-refractivity contribution in [1.82, 2.24) is 4.90 Å². The van der Waals surface area contributed by atoms with Gasteiger partial charge in [-0.15, -0.1) is 0 Å². The molecule has 0 saturated carbocycles. The maximum atomic E-state index is 12.4. The fourth-order valence-corrected chi connectivity index (χ4v) is 2.77. The summed E-state index contributed by atoms with van der Waals surface area (Å²) in [5, 5.41) is 0.692. The lowest BCUT2D eigenvalue weighted by molar-refractivity contribution is -0.118. The van der Waals surface area contributed by atoms with Gasteiger partial charge in [-0.25, -0.2) is 4.79 Å². The molecule has 130 valence electrons. The quantitative estimate of drug-likeness (QED) is 0.756. The van der Waals surface area contributed by atoms with E-state index in [4.69, 9.17) is 16.3 Å². The van der Waals surface area contributed by atoms with Gasteiger partial charge in [-0.3, -0.25) is 9.69 Å². The molecule has 0 radical (unpaired) electrons. The zero-order chi connectivity index (χ0) is 17.7. The maximum absolute atomic E-state index is 12.4. The number of carbonyl (C=O) groups excluding carboxylic acids is 2. The Hall–Kier alpha value is -1.81. The van der Waals surface area contributed by atoms with Crippen LogP contribution in [0.5, 0.6) is 0 Å². The molecular weight excluding hydrogens is 326 g/mol. The molecule has 5 heteroatoms. The van der Waals surface area contributed by atoms with Crippen LogP contribution in [0.3, 0.4) is 0 Å². The van der Waals surface area contributed by atoms with Gasteiger partial charge in [0.05, 0.1) is 6.04 Å². The Morgan fingerprint density at radius 1 is 1.29 bits per heavy atom. The van der Waals surface area contributed by atoms with E-state index >= 15 is 0 Å². The molecule has 0 aliphatic carbocycles. The van der Waals surface area contributed by atoms with Crippen molar-refractivity contribution in [2.75, 3.05) is 6.54 Å². The van der Waals surface area contributed by atoms with E-state index < -0.39 is 17.7 Å². The molecule has 4 nitrogen and oxygen atoms in total. The van der Waals surface area contributed by atoms with Crippen LogP contribution < -0.4 is 0 Å². The first kappa shape index (κ1) is 18.5. The van der Waals surface area contributed by atoms with Crippen molar-refractivity contribution < 1.29 is 14.3 Å². The molecule has 1 fully saturated rings. The van der Waals surface area contributed by atoms with Gasteiger partial charge in [0.15, 0.2) is 5.78 Å². The second-order valence-electron chi connectivity index (χ2n) is 6.97. The summed E-state index contributed by atoms with van der Waals surface area (Å²) < 4.78 is 5.39. The molecule has 1 unspecified atom stereocenters. The van der Waals surface area contributed by atoms with Gasteiger partial charge in [0, 0.05) is 11.6 Å². The number of hydrogen-bond acceptors (Lipinski definition) is 3. The molecule has 0 spiro atoms. The lowest BCUT2D eigenvalue weighted by Gasteiger charge is -2.27. The van der Waals surface area contributed by atoms with Crippen molar-refractivity contribution in [1.29, 1.82) is 0 Å². The molecule has 0 bridgehead atoms. The summed E-state index contributed by atoms with van der Waals surface area (Å²) in [6, 6.07) is 7.10. The molecule has 1 heterocycles. The van der Waals surface area contributed by atoms with Crippen LogP contribution in [0, 0.1) is 0 Å². The van der Waals surface area contributed by atoms with Crippen molar-refractivity contribution >= 4 is 23.5 Å². The van der Waals surface area contributed by atoms with E-state index in [0.29, 0.717) is 24.4 Å². The van der Waals surface area contributed by atoms with Crippen molar-refractivity contribution in [3.63, 3.8) is 0 Å². The highest BCUT2D eigenvalue weighted by atomic mass is 35.5. The summed E-state index contributed by atoms with van der Waals surface area (Å²) in [7, 11) is 0. The minimum Gasteiger partial charge on any atom is -0.444 e. The van der Waals surface area contributed by atoms with Crippen LogP contribution in [-0.4, -0.2) is 35.0 Å². The third-order valence-electron chi connectivity index (χ3n) is 3.76. The summed E-state index contributed by atoms with van der Waals surface area (Å²) >= 11 is 5.85. The first-order valence-corrected chi connectivity index (χ1v) is 8.58. The number of allylic oxidation sites excluding steroid dienone is 1. The molecule has 1 amide bonds. The van der Waals surface area contributed by atoms with Crippen LogP contribution in [0.25, 0.3) is 0 Å². The van der Waals surface area contributed by atoms with Crippen LogP contribution in [0.15, 0.2) is 36.4 Å².